The Morgan fingerprint density at radius 2 is 1.70 bits per heavy atom. The Morgan fingerprint density at radius 1 is 1.15 bits per heavy atom. The number of methoxy groups -OCH3 is 2. The van der Waals surface area contributed by atoms with E-state index >= 15 is 0 Å². The molecule has 1 amide bonds. The van der Waals surface area contributed by atoms with Gasteiger partial charge in [0.15, 0.2) is 0 Å². The summed E-state index contributed by atoms with van der Waals surface area (Å²) in [4.78, 5) is 13.6. The van der Waals surface area contributed by atoms with Crippen LogP contribution in [0.15, 0.2) is 24.3 Å². The van der Waals surface area contributed by atoms with Gasteiger partial charge in [-0.05, 0) is 17.7 Å². The first kappa shape index (κ1) is 16.6. The third kappa shape index (κ3) is 5.66. The molecule has 1 aromatic carbocycles. The second-order valence-electron chi connectivity index (χ2n) is 4.43. The minimum atomic E-state index is -0.285. The summed E-state index contributed by atoms with van der Waals surface area (Å²) in [6, 6.07) is 7.39. The largest absolute Gasteiger partial charge is 0.383 e. The van der Waals surface area contributed by atoms with Crippen molar-refractivity contribution in [2.45, 2.75) is 6.54 Å². The van der Waals surface area contributed by atoms with Gasteiger partial charge in [-0.1, -0.05) is 12.1 Å². The number of hydrazine groups is 1. The van der Waals surface area contributed by atoms with E-state index in [9.17, 15) is 4.79 Å². The number of nitrogens with one attached hydrogen (secondary N) is 1. The zero-order valence-corrected chi connectivity index (χ0v) is 12.1. The zero-order chi connectivity index (χ0) is 14.8. The van der Waals surface area contributed by atoms with E-state index in [1.54, 1.807) is 26.4 Å². The minimum Gasteiger partial charge on any atom is -0.383 e. The number of hydrogen-bond donors (Lipinski definition) is 2. The van der Waals surface area contributed by atoms with Gasteiger partial charge in [-0.2, -0.15) is 0 Å². The third-order valence-electron chi connectivity index (χ3n) is 2.98. The zero-order valence-electron chi connectivity index (χ0n) is 12.1. The smallest absolute Gasteiger partial charge is 0.265 e. The Morgan fingerprint density at radius 3 is 2.15 bits per heavy atom. The van der Waals surface area contributed by atoms with Gasteiger partial charge < -0.3 is 9.47 Å². The highest BCUT2D eigenvalue weighted by molar-refractivity contribution is 5.93. The summed E-state index contributed by atoms with van der Waals surface area (Å²) in [5.74, 6) is 4.81. The summed E-state index contributed by atoms with van der Waals surface area (Å²) in [5, 5.41) is 0. The van der Waals surface area contributed by atoms with Crippen molar-refractivity contribution < 1.29 is 14.3 Å². The predicted molar refractivity (Wildman–Crippen MR) is 77.1 cm³/mol. The molecule has 0 aliphatic rings. The van der Waals surface area contributed by atoms with Crippen LogP contribution in [-0.2, 0) is 16.0 Å². The van der Waals surface area contributed by atoms with Gasteiger partial charge in [0, 0.05) is 39.4 Å². The highest BCUT2D eigenvalue weighted by Gasteiger charge is 2.07. The molecule has 1 rings (SSSR count). The van der Waals surface area contributed by atoms with Crippen LogP contribution in [0.1, 0.15) is 15.9 Å². The molecular weight excluding hydrogens is 258 g/mol. The summed E-state index contributed by atoms with van der Waals surface area (Å²) < 4.78 is 10.2. The highest BCUT2D eigenvalue weighted by atomic mass is 16.5. The fraction of sp³-hybridized carbons (Fsp3) is 0.500. The van der Waals surface area contributed by atoms with Crippen molar-refractivity contribution >= 4 is 5.91 Å². The van der Waals surface area contributed by atoms with Crippen LogP contribution in [-0.4, -0.2) is 51.3 Å². The highest BCUT2D eigenvalue weighted by Crippen LogP contribution is 2.07. The normalized spacial score (nSPS) is 10.8. The number of nitrogens with zero attached hydrogens (tertiary/aromatic N) is 1. The number of amides is 1. The van der Waals surface area contributed by atoms with E-state index in [1.807, 2.05) is 12.1 Å². The van der Waals surface area contributed by atoms with Crippen LogP contribution in [0.2, 0.25) is 0 Å². The Bertz CT molecular complexity index is 387. The lowest BCUT2D eigenvalue weighted by Gasteiger charge is -2.21. The van der Waals surface area contributed by atoms with Crippen LogP contribution in [0.25, 0.3) is 0 Å². The van der Waals surface area contributed by atoms with Crippen molar-refractivity contribution in [1.29, 1.82) is 0 Å². The first-order valence-corrected chi connectivity index (χ1v) is 6.51. The Hall–Kier alpha value is -1.47. The SMILES string of the molecule is COCCN(CCOC)Cc1ccc(C(=O)NN)cc1. The summed E-state index contributed by atoms with van der Waals surface area (Å²) in [6.07, 6.45) is 0. The standard InChI is InChI=1S/C14H23N3O3/c1-19-9-7-17(8-10-20-2)11-12-3-5-13(6-4-12)14(18)16-15/h3-6H,7-11,15H2,1-2H3,(H,16,18). The molecule has 6 nitrogen and oxygen atoms in total. The van der Waals surface area contributed by atoms with Crippen molar-refractivity contribution in [2.75, 3.05) is 40.5 Å². The number of benzene rings is 1. The maximum atomic E-state index is 11.4. The number of ether oxygens (including phenoxy) is 2. The van der Waals surface area contributed by atoms with Gasteiger partial charge in [-0.15, -0.1) is 0 Å². The number of nitrogen functional groups attached to an aromatic ring is 1. The van der Waals surface area contributed by atoms with Gasteiger partial charge in [-0.25, -0.2) is 5.84 Å². The Balaban J connectivity index is 2.60. The van der Waals surface area contributed by atoms with E-state index in [4.69, 9.17) is 15.3 Å². The summed E-state index contributed by atoms with van der Waals surface area (Å²) in [7, 11) is 3.38. The molecule has 0 aliphatic carbocycles. The van der Waals surface area contributed by atoms with Crippen molar-refractivity contribution in [3.05, 3.63) is 35.4 Å². The molecule has 0 fully saturated rings. The molecular formula is C14H23N3O3. The van der Waals surface area contributed by atoms with Gasteiger partial charge in [0.25, 0.3) is 5.91 Å². The number of carbonyl (C=O) groups excluding carboxylic acids is 1. The van der Waals surface area contributed by atoms with Gasteiger partial charge in [0.05, 0.1) is 13.2 Å². The lowest BCUT2D eigenvalue weighted by atomic mass is 10.1. The molecule has 0 radical (unpaired) electrons. The van der Waals surface area contributed by atoms with Gasteiger partial charge >= 0.3 is 0 Å². The van der Waals surface area contributed by atoms with Crippen molar-refractivity contribution in [3.63, 3.8) is 0 Å². The molecule has 0 aliphatic heterocycles. The van der Waals surface area contributed by atoms with Crippen LogP contribution in [0, 0.1) is 0 Å². The average molecular weight is 281 g/mol. The molecule has 0 aromatic heterocycles. The van der Waals surface area contributed by atoms with E-state index < -0.39 is 0 Å². The van der Waals surface area contributed by atoms with Gasteiger partial charge in [-0.3, -0.25) is 15.1 Å². The molecule has 6 heteroatoms. The lowest BCUT2D eigenvalue weighted by molar-refractivity contribution is 0.0953. The number of hydrogen-bond acceptors (Lipinski definition) is 5. The topological polar surface area (TPSA) is 76.8 Å². The first-order valence-electron chi connectivity index (χ1n) is 6.51. The quantitative estimate of drug-likeness (QED) is 0.389. The predicted octanol–water partition coefficient (Wildman–Crippen LogP) is 0.385. The van der Waals surface area contributed by atoms with E-state index in [0.717, 1.165) is 25.2 Å². The summed E-state index contributed by atoms with van der Waals surface area (Å²) in [5.41, 5.74) is 3.80. The summed E-state index contributed by atoms with van der Waals surface area (Å²) in [6.45, 7) is 3.82. The minimum absolute atomic E-state index is 0.285. The monoisotopic (exact) mass is 281 g/mol. The van der Waals surface area contributed by atoms with Crippen LogP contribution in [0.4, 0.5) is 0 Å². The molecule has 0 saturated heterocycles. The van der Waals surface area contributed by atoms with Gasteiger partial charge in [0.1, 0.15) is 0 Å². The fourth-order valence-corrected chi connectivity index (χ4v) is 1.81. The molecule has 0 heterocycles. The van der Waals surface area contributed by atoms with E-state index in [0.29, 0.717) is 18.8 Å². The van der Waals surface area contributed by atoms with Crippen LogP contribution < -0.4 is 11.3 Å². The van der Waals surface area contributed by atoms with E-state index in [-0.39, 0.29) is 5.91 Å². The van der Waals surface area contributed by atoms with Crippen LogP contribution in [0.5, 0.6) is 0 Å². The maximum Gasteiger partial charge on any atom is 0.265 e. The molecule has 0 saturated carbocycles. The molecule has 0 unspecified atom stereocenters. The number of rotatable bonds is 9. The fourth-order valence-electron chi connectivity index (χ4n) is 1.81. The molecule has 0 bridgehead atoms. The molecule has 112 valence electrons. The average Bonchev–Trinajstić information content (AvgIpc) is 2.49. The molecule has 1 aromatic rings. The van der Waals surface area contributed by atoms with Crippen molar-refractivity contribution in [1.82, 2.24) is 10.3 Å². The molecule has 0 atom stereocenters. The Kier molecular flexibility index (Phi) is 7.82. The van der Waals surface area contributed by atoms with Crippen molar-refractivity contribution in [3.8, 4) is 0 Å². The number of carbonyl (C=O) groups is 1. The maximum absolute atomic E-state index is 11.4. The number of nitrogens with two attached hydrogens (primary N) is 1. The van der Waals surface area contributed by atoms with Crippen molar-refractivity contribution in [2.24, 2.45) is 5.84 Å². The second kappa shape index (κ2) is 9.44. The Labute approximate surface area is 119 Å². The van der Waals surface area contributed by atoms with Gasteiger partial charge in [0.2, 0.25) is 0 Å². The summed E-state index contributed by atoms with van der Waals surface area (Å²) >= 11 is 0. The molecule has 0 spiro atoms. The first-order chi connectivity index (χ1) is 9.71. The van der Waals surface area contributed by atoms with E-state index in [2.05, 4.69) is 10.3 Å². The van der Waals surface area contributed by atoms with E-state index in [1.165, 1.54) is 0 Å². The second-order valence-corrected chi connectivity index (χ2v) is 4.43. The molecule has 3 N–H and O–H groups in total. The van der Waals surface area contributed by atoms with Crippen LogP contribution >= 0.6 is 0 Å². The van der Waals surface area contributed by atoms with Crippen LogP contribution in [0.3, 0.4) is 0 Å². The lowest BCUT2D eigenvalue weighted by Crippen LogP contribution is -2.31. The molecule has 20 heavy (non-hydrogen) atoms. The third-order valence-corrected chi connectivity index (χ3v) is 2.98.